The van der Waals surface area contributed by atoms with Crippen molar-refractivity contribution in [3.63, 3.8) is 0 Å². The molecule has 0 heterocycles. The summed E-state index contributed by atoms with van der Waals surface area (Å²) in [4.78, 5) is 0. The zero-order valence-corrected chi connectivity index (χ0v) is 10.4. The van der Waals surface area contributed by atoms with Crippen LogP contribution in [0.25, 0.3) is 0 Å². The van der Waals surface area contributed by atoms with Gasteiger partial charge in [-0.05, 0) is 31.5 Å². The van der Waals surface area contributed by atoms with Gasteiger partial charge in [0.1, 0.15) is 5.82 Å². The van der Waals surface area contributed by atoms with Crippen LogP contribution in [0.15, 0.2) is 18.2 Å². The third-order valence-corrected chi connectivity index (χ3v) is 2.88. The molecule has 0 amide bonds. The van der Waals surface area contributed by atoms with Gasteiger partial charge >= 0.3 is 0 Å². The standard InChI is InChI=1S/C12H16ClF2NO/c1-17-8-12(15,6-3-7-16)11-9(13)4-2-5-10(11)14/h2,4-5H,3,6-8,16H2,1H3. The van der Waals surface area contributed by atoms with E-state index < -0.39 is 11.5 Å². The van der Waals surface area contributed by atoms with Crippen LogP contribution < -0.4 is 5.73 Å². The SMILES string of the molecule is COCC(F)(CCCN)c1c(F)cccc1Cl. The number of methoxy groups -OCH3 is 1. The van der Waals surface area contributed by atoms with Crippen LogP contribution in [-0.4, -0.2) is 20.3 Å². The van der Waals surface area contributed by atoms with Gasteiger partial charge in [-0.15, -0.1) is 0 Å². The first-order valence-electron chi connectivity index (χ1n) is 5.37. The minimum atomic E-state index is -1.93. The van der Waals surface area contributed by atoms with Crippen molar-refractivity contribution in [2.24, 2.45) is 5.73 Å². The smallest absolute Gasteiger partial charge is 0.163 e. The highest BCUT2D eigenvalue weighted by molar-refractivity contribution is 6.31. The Labute approximate surface area is 105 Å². The van der Waals surface area contributed by atoms with Crippen LogP contribution in [0.1, 0.15) is 18.4 Å². The van der Waals surface area contributed by atoms with Crippen molar-refractivity contribution < 1.29 is 13.5 Å². The van der Waals surface area contributed by atoms with Gasteiger partial charge in [0, 0.05) is 17.7 Å². The van der Waals surface area contributed by atoms with Gasteiger partial charge in [-0.3, -0.25) is 0 Å². The maximum atomic E-state index is 14.7. The predicted octanol–water partition coefficient (Wildman–Crippen LogP) is 3.03. The van der Waals surface area contributed by atoms with Crippen molar-refractivity contribution in [3.05, 3.63) is 34.6 Å². The Kier molecular flexibility index (Phi) is 5.31. The van der Waals surface area contributed by atoms with Crippen molar-refractivity contribution in [1.82, 2.24) is 0 Å². The lowest BCUT2D eigenvalue weighted by atomic mass is 9.91. The highest BCUT2D eigenvalue weighted by atomic mass is 35.5. The number of hydrogen-bond acceptors (Lipinski definition) is 2. The molecule has 0 spiro atoms. The lowest BCUT2D eigenvalue weighted by Crippen LogP contribution is -2.29. The van der Waals surface area contributed by atoms with E-state index in [4.69, 9.17) is 22.1 Å². The molecule has 1 aromatic carbocycles. The molecule has 0 aliphatic rings. The molecule has 0 fully saturated rings. The number of ether oxygens (including phenoxy) is 1. The molecular weight excluding hydrogens is 248 g/mol. The normalized spacial score (nSPS) is 14.6. The number of nitrogens with two attached hydrogens (primary N) is 1. The minimum absolute atomic E-state index is 0.0709. The van der Waals surface area contributed by atoms with Crippen LogP contribution in [0.2, 0.25) is 5.02 Å². The van der Waals surface area contributed by atoms with Crippen molar-refractivity contribution in [3.8, 4) is 0 Å². The van der Waals surface area contributed by atoms with E-state index in [1.54, 1.807) is 0 Å². The van der Waals surface area contributed by atoms with Crippen molar-refractivity contribution >= 4 is 11.6 Å². The van der Waals surface area contributed by atoms with E-state index in [1.807, 2.05) is 0 Å². The van der Waals surface area contributed by atoms with Gasteiger partial charge in [0.05, 0.1) is 6.61 Å². The summed E-state index contributed by atoms with van der Waals surface area (Å²) in [7, 11) is 1.37. The summed E-state index contributed by atoms with van der Waals surface area (Å²) < 4.78 is 33.2. The van der Waals surface area contributed by atoms with E-state index in [2.05, 4.69) is 0 Å². The Morgan fingerprint density at radius 2 is 2.18 bits per heavy atom. The Morgan fingerprint density at radius 1 is 1.47 bits per heavy atom. The molecule has 1 aromatic rings. The summed E-state index contributed by atoms with van der Waals surface area (Å²) in [5, 5.41) is 0.0709. The molecule has 0 bridgehead atoms. The fourth-order valence-corrected chi connectivity index (χ4v) is 2.14. The van der Waals surface area contributed by atoms with Gasteiger partial charge < -0.3 is 10.5 Å². The van der Waals surface area contributed by atoms with Gasteiger partial charge in [0.15, 0.2) is 5.67 Å². The monoisotopic (exact) mass is 263 g/mol. The molecule has 1 atom stereocenters. The Morgan fingerprint density at radius 3 is 2.71 bits per heavy atom. The predicted molar refractivity (Wildman–Crippen MR) is 64.4 cm³/mol. The number of hydrogen-bond donors (Lipinski definition) is 1. The second kappa shape index (κ2) is 6.28. The zero-order chi connectivity index (χ0) is 12.9. The molecule has 96 valence electrons. The van der Waals surface area contributed by atoms with Crippen molar-refractivity contribution in [2.45, 2.75) is 18.5 Å². The quantitative estimate of drug-likeness (QED) is 0.856. The fraction of sp³-hybridized carbons (Fsp3) is 0.500. The maximum absolute atomic E-state index is 14.7. The molecule has 0 aliphatic carbocycles. The van der Waals surface area contributed by atoms with Gasteiger partial charge in [0.25, 0.3) is 0 Å². The summed E-state index contributed by atoms with van der Waals surface area (Å²) in [6.07, 6.45) is 0.516. The molecule has 0 saturated heterocycles. The Bertz CT molecular complexity index is 355. The molecule has 5 heteroatoms. The average molecular weight is 264 g/mol. The molecule has 1 rings (SSSR count). The molecule has 0 aromatic heterocycles. The lowest BCUT2D eigenvalue weighted by molar-refractivity contribution is 0.0278. The molecule has 2 nitrogen and oxygen atoms in total. The van der Waals surface area contributed by atoms with E-state index >= 15 is 0 Å². The van der Waals surface area contributed by atoms with E-state index in [0.717, 1.165) is 0 Å². The number of rotatable bonds is 6. The van der Waals surface area contributed by atoms with Crippen LogP contribution >= 0.6 is 11.6 Å². The third kappa shape index (κ3) is 3.37. The van der Waals surface area contributed by atoms with Crippen LogP contribution in [0.3, 0.4) is 0 Å². The number of alkyl halides is 1. The summed E-state index contributed by atoms with van der Waals surface area (Å²) >= 11 is 5.86. The summed E-state index contributed by atoms with van der Waals surface area (Å²) in [6.45, 7) is 0.0924. The largest absolute Gasteiger partial charge is 0.381 e. The van der Waals surface area contributed by atoms with Crippen molar-refractivity contribution in [2.75, 3.05) is 20.3 Å². The Hall–Kier alpha value is -0.710. The highest BCUT2D eigenvalue weighted by Gasteiger charge is 2.36. The minimum Gasteiger partial charge on any atom is -0.381 e. The first kappa shape index (κ1) is 14.4. The van der Waals surface area contributed by atoms with E-state index in [1.165, 1.54) is 25.3 Å². The lowest BCUT2D eigenvalue weighted by Gasteiger charge is -2.26. The molecule has 0 saturated carbocycles. The first-order chi connectivity index (χ1) is 8.05. The fourth-order valence-electron chi connectivity index (χ4n) is 1.81. The van der Waals surface area contributed by atoms with Gasteiger partial charge in [0.2, 0.25) is 0 Å². The van der Waals surface area contributed by atoms with Crippen LogP contribution in [-0.2, 0) is 10.4 Å². The maximum Gasteiger partial charge on any atom is 0.163 e. The number of benzene rings is 1. The van der Waals surface area contributed by atoms with Crippen LogP contribution in [0.4, 0.5) is 8.78 Å². The summed E-state index contributed by atoms with van der Waals surface area (Å²) in [5.41, 5.74) is 3.28. The zero-order valence-electron chi connectivity index (χ0n) is 9.68. The van der Waals surface area contributed by atoms with Crippen LogP contribution in [0.5, 0.6) is 0 Å². The second-order valence-electron chi connectivity index (χ2n) is 3.89. The molecule has 17 heavy (non-hydrogen) atoms. The van der Waals surface area contributed by atoms with E-state index in [-0.39, 0.29) is 23.6 Å². The van der Waals surface area contributed by atoms with Gasteiger partial charge in [-0.1, -0.05) is 17.7 Å². The van der Waals surface area contributed by atoms with Crippen LogP contribution in [0, 0.1) is 5.82 Å². The highest BCUT2D eigenvalue weighted by Crippen LogP contribution is 2.37. The van der Waals surface area contributed by atoms with Crippen molar-refractivity contribution in [1.29, 1.82) is 0 Å². The summed E-state index contributed by atoms with van der Waals surface area (Å²) in [6, 6.07) is 4.09. The third-order valence-electron chi connectivity index (χ3n) is 2.56. The summed E-state index contributed by atoms with van der Waals surface area (Å²) in [5.74, 6) is -0.658. The first-order valence-corrected chi connectivity index (χ1v) is 5.75. The average Bonchev–Trinajstić information content (AvgIpc) is 2.26. The van der Waals surface area contributed by atoms with Gasteiger partial charge in [-0.2, -0.15) is 0 Å². The van der Waals surface area contributed by atoms with Gasteiger partial charge in [-0.25, -0.2) is 8.78 Å². The molecule has 2 N–H and O–H groups in total. The number of halogens is 3. The second-order valence-corrected chi connectivity index (χ2v) is 4.29. The van der Waals surface area contributed by atoms with E-state index in [9.17, 15) is 8.78 Å². The Balaban J connectivity index is 3.12. The molecule has 0 radical (unpaired) electrons. The topological polar surface area (TPSA) is 35.2 Å². The van der Waals surface area contributed by atoms with E-state index in [0.29, 0.717) is 13.0 Å². The molecule has 1 unspecified atom stereocenters. The molecule has 0 aliphatic heterocycles. The molecular formula is C12H16ClF2NO.